The van der Waals surface area contributed by atoms with Crippen LogP contribution in [0.15, 0.2) is 36.5 Å². The molecule has 0 spiro atoms. The second-order valence-electron chi connectivity index (χ2n) is 5.06. The minimum Gasteiger partial charge on any atom is -0.508 e. The molecule has 2 N–H and O–H groups in total. The van der Waals surface area contributed by atoms with Gasteiger partial charge in [-0.2, -0.15) is 0 Å². The summed E-state index contributed by atoms with van der Waals surface area (Å²) in [5, 5.41) is 9.90. The van der Waals surface area contributed by atoms with E-state index in [1.807, 2.05) is 25.1 Å². The summed E-state index contributed by atoms with van der Waals surface area (Å²) in [7, 11) is 1.62. The van der Waals surface area contributed by atoms with Crippen LogP contribution in [0, 0.1) is 0 Å². The van der Waals surface area contributed by atoms with Crippen LogP contribution in [-0.4, -0.2) is 39.9 Å². The van der Waals surface area contributed by atoms with Crippen LogP contribution >= 0.6 is 0 Å². The first-order valence-electron chi connectivity index (χ1n) is 6.96. The van der Waals surface area contributed by atoms with E-state index < -0.39 is 0 Å². The Morgan fingerprint density at radius 1 is 1.32 bits per heavy atom. The number of methoxy groups -OCH3 is 1. The van der Waals surface area contributed by atoms with Crippen molar-refractivity contribution in [1.82, 2.24) is 15.0 Å². The summed E-state index contributed by atoms with van der Waals surface area (Å²) in [6, 6.07) is 8.73. The fraction of sp³-hybridized carbons (Fsp3) is 0.250. The molecule has 2 aromatic heterocycles. The number of hydrogen-bond donors (Lipinski definition) is 2. The minimum absolute atomic E-state index is 0.114. The normalized spacial score (nSPS) is 12.5. The van der Waals surface area contributed by atoms with Crippen molar-refractivity contribution in [2.45, 2.75) is 13.0 Å². The summed E-state index contributed by atoms with van der Waals surface area (Å²) < 4.78 is 10.8. The number of ether oxygens (including phenoxy) is 2. The maximum absolute atomic E-state index is 9.90. The molecule has 6 nitrogen and oxygen atoms in total. The van der Waals surface area contributed by atoms with Gasteiger partial charge in [-0.25, -0.2) is 9.97 Å². The topological polar surface area (TPSA) is 80.3 Å². The number of imidazole rings is 1. The zero-order chi connectivity index (χ0) is 15.5. The number of phenols is 1. The molecule has 0 amide bonds. The summed E-state index contributed by atoms with van der Waals surface area (Å²) in [4.78, 5) is 11.8. The van der Waals surface area contributed by atoms with E-state index >= 15 is 0 Å². The van der Waals surface area contributed by atoms with Gasteiger partial charge in [-0.3, -0.25) is 0 Å². The first-order valence-corrected chi connectivity index (χ1v) is 6.96. The molecule has 3 rings (SSSR count). The van der Waals surface area contributed by atoms with Gasteiger partial charge in [0.1, 0.15) is 28.9 Å². The molecular weight excluding hydrogens is 282 g/mol. The predicted octanol–water partition coefficient (Wildman–Crippen LogP) is 2.74. The number of aromatic amines is 1. The van der Waals surface area contributed by atoms with Gasteiger partial charge >= 0.3 is 0 Å². The van der Waals surface area contributed by atoms with Crippen molar-refractivity contribution in [3.63, 3.8) is 0 Å². The SMILES string of the molecule is COC[C@H](C)Oc1cc(O)cc(-c2nc3cccnc3[nH]2)c1. The molecule has 0 bridgehead atoms. The zero-order valence-electron chi connectivity index (χ0n) is 12.4. The lowest BCUT2D eigenvalue weighted by Gasteiger charge is -2.14. The average Bonchev–Trinajstić information content (AvgIpc) is 2.90. The number of H-pyrrole nitrogens is 1. The van der Waals surface area contributed by atoms with E-state index in [9.17, 15) is 5.11 Å². The molecule has 1 aromatic carbocycles. The van der Waals surface area contributed by atoms with E-state index in [4.69, 9.17) is 9.47 Å². The molecule has 0 aliphatic rings. The van der Waals surface area contributed by atoms with E-state index in [-0.39, 0.29) is 11.9 Å². The smallest absolute Gasteiger partial charge is 0.157 e. The molecule has 22 heavy (non-hydrogen) atoms. The number of pyridine rings is 1. The van der Waals surface area contributed by atoms with E-state index in [0.717, 1.165) is 11.1 Å². The van der Waals surface area contributed by atoms with Crippen LogP contribution in [0.25, 0.3) is 22.6 Å². The van der Waals surface area contributed by atoms with Gasteiger partial charge in [0.25, 0.3) is 0 Å². The van der Waals surface area contributed by atoms with Crippen LogP contribution in [0.5, 0.6) is 11.5 Å². The van der Waals surface area contributed by atoms with Gasteiger partial charge in [-0.05, 0) is 31.2 Å². The van der Waals surface area contributed by atoms with Crippen LogP contribution < -0.4 is 4.74 Å². The predicted molar refractivity (Wildman–Crippen MR) is 83.0 cm³/mol. The van der Waals surface area contributed by atoms with Crippen molar-refractivity contribution < 1.29 is 14.6 Å². The van der Waals surface area contributed by atoms with Gasteiger partial charge in [0.2, 0.25) is 0 Å². The maximum Gasteiger partial charge on any atom is 0.157 e. The average molecular weight is 299 g/mol. The molecule has 3 aromatic rings. The van der Waals surface area contributed by atoms with E-state index in [2.05, 4.69) is 15.0 Å². The zero-order valence-corrected chi connectivity index (χ0v) is 12.4. The van der Waals surface area contributed by atoms with E-state index in [1.54, 1.807) is 25.4 Å². The lowest BCUT2D eigenvalue weighted by atomic mass is 10.2. The summed E-state index contributed by atoms with van der Waals surface area (Å²) in [6.45, 7) is 2.37. The Balaban J connectivity index is 1.94. The van der Waals surface area contributed by atoms with Crippen molar-refractivity contribution >= 4 is 11.2 Å². The monoisotopic (exact) mass is 299 g/mol. The number of hydrogen-bond acceptors (Lipinski definition) is 5. The second kappa shape index (κ2) is 6.03. The summed E-state index contributed by atoms with van der Waals surface area (Å²) in [6.07, 6.45) is 1.59. The quantitative estimate of drug-likeness (QED) is 0.757. The number of rotatable bonds is 5. The fourth-order valence-electron chi connectivity index (χ4n) is 2.27. The number of nitrogens with zero attached hydrogens (tertiary/aromatic N) is 2. The molecule has 114 valence electrons. The van der Waals surface area contributed by atoms with Crippen molar-refractivity contribution in [2.24, 2.45) is 0 Å². The largest absolute Gasteiger partial charge is 0.508 e. The lowest BCUT2D eigenvalue weighted by molar-refractivity contribution is 0.0919. The van der Waals surface area contributed by atoms with Crippen molar-refractivity contribution in [2.75, 3.05) is 13.7 Å². The van der Waals surface area contributed by atoms with Crippen molar-refractivity contribution in [3.8, 4) is 22.9 Å². The first kappa shape index (κ1) is 14.3. The standard InChI is InChI=1S/C16H17N3O3/c1-10(9-21-2)22-13-7-11(6-12(20)8-13)15-18-14-4-3-5-17-16(14)19-15/h3-8,10,20H,9H2,1-2H3,(H,17,18,19)/t10-/m0/s1. The molecule has 0 fully saturated rings. The third-order valence-electron chi connectivity index (χ3n) is 3.16. The Morgan fingerprint density at radius 2 is 2.18 bits per heavy atom. The molecule has 1 atom stereocenters. The Bertz CT molecular complexity index is 752. The molecule has 0 radical (unpaired) electrons. The number of nitrogens with one attached hydrogen (secondary N) is 1. The molecule has 0 aliphatic carbocycles. The highest BCUT2D eigenvalue weighted by molar-refractivity contribution is 5.76. The highest BCUT2D eigenvalue weighted by Gasteiger charge is 2.11. The fourth-order valence-corrected chi connectivity index (χ4v) is 2.27. The summed E-state index contributed by atoms with van der Waals surface area (Å²) in [5.41, 5.74) is 2.21. The Labute approximate surface area is 127 Å². The molecule has 2 heterocycles. The van der Waals surface area contributed by atoms with Gasteiger partial charge < -0.3 is 19.6 Å². The minimum atomic E-state index is -0.114. The molecule has 6 heteroatoms. The second-order valence-corrected chi connectivity index (χ2v) is 5.06. The van der Waals surface area contributed by atoms with Crippen LogP contribution in [0.1, 0.15) is 6.92 Å². The van der Waals surface area contributed by atoms with Gasteiger partial charge in [0.05, 0.1) is 6.61 Å². The number of aromatic hydroxyl groups is 1. The van der Waals surface area contributed by atoms with Crippen LogP contribution in [-0.2, 0) is 4.74 Å². The molecular formula is C16H17N3O3. The van der Waals surface area contributed by atoms with Crippen LogP contribution in [0.4, 0.5) is 0 Å². The van der Waals surface area contributed by atoms with Crippen molar-refractivity contribution in [1.29, 1.82) is 0 Å². The van der Waals surface area contributed by atoms with E-state index in [1.165, 1.54) is 0 Å². The third kappa shape index (κ3) is 3.01. The summed E-state index contributed by atoms with van der Waals surface area (Å²) >= 11 is 0. The molecule has 0 aliphatic heterocycles. The number of fused-ring (bicyclic) bond motifs is 1. The van der Waals surface area contributed by atoms with Gasteiger partial charge in [-0.1, -0.05) is 0 Å². The Hall–Kier alpha value is -2.60. The third-order valence-corrected chi connectivity index (χ3v) is 3.16. The van der Waals surface area contributed by atoms with Gasteiger partial charge in [-0.15, -0.1) is 0 Å². The Kier molecular flexibility index (Phi) is 3.93. The van der Waals surface area contributed by atoms with E-state index in [0.29, 0.717) is 23.8 Å². The lowest BCUT2D eigenvalue weighted by Crippen LogP contribution is -2.17. The van der Waals surface area contributed by atoms with Crippen LogP contribution in [0.2, 0.25) is 0 Å². The van der Waals surface area contributed by atoms with Crippen LogP contribution in [0.3, 0.4) is 0 Å². The van der Waals surface area contributed by atoms with Gasteiger partial charge in [0.15, 0.2) is 5.65 Å². The molecule has 0 saturated heterocycles. The maximum atomic E-state index is 9.90. The summed E-state index contributed by atoms with van der Waals surface area (Å²) in [5.74, 6) is 1.31. The van der Waals surface area contributed by atoms with Crippen molar-refractivity contribution in [3.05, 3.63) is 36.5 Å². The first-order chi connectivity index (χ1) is 10.7. The number of phenolic OH excluding ortho intramolecular Hbond substituents is 1. The highest BCUT2D eigenvalue weighted by Crippen LogP contribution is 2.29. The number of aromatic nitrogens is 3. The van der Waals surface area contributed by atoms with Gasteiger partial charge in [0, 0.05) is 24.9 Å². The molecule has 0 unspecified atom stereocenters. The Morgan fingerprint density at radius 3 is 2.95 bits per heavy atom. The molecule has 0 saturated carbocycles. The highest BCUT2D eigenvalue weighted by atomic mass is 16.5. The number of benzene rings is 1.